The summed E-state index contributed by atoms with van der Waals surface area (Å²) in [6.45, 7) is 7.33. The second kappa shape index (κ2) is 8.67. The molecule has 1 aromatic heterocycles. The van der Waals surface area contributed by atoms with Crippen LogP contribution in [-0.2, 0) is 4.79 Å². The average Bonchev–Trinajstić information content (AvgIpc) is 3.22. The number of aryl methyl sites for hydroxylation is 1. The highest BCUT2D eigenvalue weighted by atomic mass is 19.1. The van der Waals surface area contributed by atoms with E-state index in [0.29, 0.717) is 12.2 Å². The molecule has 0 spiro atoms. The zero-order valence-electron chi connectivity index (χ0n) is 17.3. The molecule has 156 valence electrons. The van der Waals surface area contributed by atoms with Gasteiger partial charge in [0.2, 0.25) is 11.9 Å². The van der Waals surface area contributed by atoms with Gasteiger partial charge in [-0.15, -0.1) is 0 Å². The van der Waals surface area contributed by atoms with Gasteiger partial charge in [0, 0.05) is 44.3 Å². The number of carbonyl (C=O) groups excluding carboxylic acids is 1. The van der Waals surface area contributed by atoms with E-state index in [1.165, 1.54) is 6.07 Å². The van der Waals surface area contributed by atoms with E-state index in [0.717, 1.165) is 48.9 Å². The molecule has 0 radical (unpaired) electrons. The van der Waals surface area contributed by atoms with Crippen molar-refractivity contribution in [2.45, 2.75) is 13.8 Å². The maximum atomic E-state index is 14.2. The lowest BCUT2D eigenvalue weighted by atomic mass is 10.1. The van der Waals surface area contributed by atoms with Gasteiger partial charge in [-0.2, -0.15) is 0 Å². The van der Waals surface area contributed by atoms with Crippen molar-refractivity contribution < 1.29 is 9.18 Å². The highest BCUT2D eigenvalue weighted by molar-refractivity contribution is 5.93. The van der Waals surface area contributed by atoms with E-state index in [-0.39, 0.29) is 11.7 Å². The van der Waals surface area contributed by atoms with Crippen molar-refractivity contribution in [3.05, 3.63) is 71.8 Å². The number of amides is 1. The van der Waals surface area contributed by atoms with Gasteiger partial charge in [0.15, 0.2) is 0 Å². The van der Waals surface area contributed by atoms with Crippen LogP contribution in [0.1, 0.15) is 11.1 Å². The Morgan fingerprint density at radius 1 is 1.07 bits per heavy atom. The summed E-state index contributed by atoms with van der Waals surface area (Å²) in [6.07, 6.45) is 3.46. The Morgan fingerprint density at radius 3 is 2.60 bits per heavy atom. The minimum atomic E-state index is -0.279. The summed E-state index contributed by atoms with van der Waals surface area (Å²) < 4.78 is 16.0. The Balaban J connectivity index is 1.36. The van der Waals surface area contributed by atoms with Gasteiger partial charge in [-0.1, -0.05) is 24.3 Å². The third-order valence-electron chi connectivity index (χ3n) is 5.63. The molecule has 2 heterocycles. The van der Waals surface area contributed by atoms with Gasteiger partial charge in [-0.25, -0.2) is 9.37 Å². The summed E-state index contributed by atoms with van der Waals surface area (Å²) in [5, 5.41) is 3.02. The van der Waals surface area contributed by atoms with Crippen LogP contribution in [-0.4, -0.2) is 53.1 Å². The third-order valence-corrected chi connectivity index (χ3v) is 5.63. The largest absolute Gasteiger partial charge is 0.339 e. The number of nitrogens with zero attached hydrogens (tertiary/aromatic N) is 4. The number of imidazole rings is 1. The van der Waals surface area contributed by atoms with Crippen LogP contribution in [0, 0.1) is 19.7 Å². The molecule has 0 saturated carbocycles. The molecule has 30 heavy (non-hydrogen) atoms. The standard InChI is InChI=1S/C23H26FN5O/c1-17-6-5-8-20(18(17)2)26-22(30)16-27-12-14-28(15-13-27)23-25-10-11-29(23)21-9-4-3-7-19(21)24/h3-11H,12-16H2,1-2H3,(H,26,30). The molecular weight excluding hydrogens is 381 g/mol. The van der Waals surface area contributed by atoms with Crippen LogP contribution in [0.5, 0.6) is 0 Å². The summed E-state index contributed by atoms with van der Waals surface area (Å²) in [7, 11) is 0. The summed E-state index contributed by atoms with van der Waals surface area (Å²) in [5.41, 5.74) is 3.60. The topological polar surface area (TPSA) is 53.4 Å². The van der Waals surface area contributed by atoms with Crippen molar-refractivity contribution in [1.29, 1.82) is 0 Å². The van der Waals surface area contributed by atoms with E-state index in [4.69, 9.17) is 0 Å². The van der Waals surface area contributed by atoms with Crippen LogP contribution in [0.2, 0.25) is 0 Å². The normalized spacial score (nSPS) is 14.7. The zero-order valence-corrected chi connectivity index (χ0v) is 17.3. The number of carbonyl (C=O) groups is 1. The van der Waals surface area contributed by atoms with Gasteiger partial charge in [0.1, 0.15) is 5.82 Å². The maximum absolute atomic E-state index is 14.2. The van der Waals surface area contributed by atoms with Gasteiger partial charge in [-0.3, -0.25) is 14.3 Å². The highest BCUT2D eigenvalue weighted by Crippen LogP contribution is 2.22. The van der Waals surface area contributed by atoms with Gasteiger partial charge < -0.3 is 10.2 Å². The van der Waals surface area contributed by atoms with Crippen LogP contribution in [0.25, 0.3) is 5.69 Å². The molecule has 3 aromatic rings. The van der Waals surface area contributed by atoms with Crippen molar-refractivity contribution in [3.8, 4) is 5.69 Å². The number of piperazine rings is 1. The fourth-order valence-electron chi connectivity index (χ4n) is 3.75. The van der Waals surface area contributed by atoms with Gasteiger partial charge >= 0.3 is 0 Å². The fraction of sp³-hybridized carbons (Fsp3) is 0.304. The summed E-state index contributed by atoms with van der Waals surface area (Å²) in [5.74, 6) is 0.433. The molecule has 0 unspecified atom stereocenters. The van der Waals surface area contributed by atoms with Crippen LogP contribution in [0.15, 0.2) is 54.9 Å². The van der Waals surface area contributed by atoms with Crippen molar-refractivity contribution in [2.75, 3.05) is 42.9 Å². The van der Waals surface area contributed by atoms with E-state index >= 15 is 0 Å². The van der Waals surface area contributed by atoms with Crippen LogP contribution >= 0.6 is 0 Å². The van der Waals surface area contributed by atoms with Crippen LogP contribution in [0.3, 0.4) is 0 Å². The summed E-state index contributed by atoms with van der Waals surface area (Å²) in [4.78, 5) is 21.2. The molecule has 4 rings (SSSR count). The summed E-state index contributed by atoms with van der Waals surface area (Å²) >= 11 is 0. The predicted molar refractivity (Wildman–Crippen MR) is 117 cm³/mol. The zero-order chi connectivity index (χ0) is 21.1. The first-order chi connectivity index (χ1) is 14.5. The van der Waals surface area contributed by atoms with E-state index in [2.05, 4.69) is 20.1 Å². The lowest BCUT2D eigenvalue weighted by Gasteiger charge is -2.35. The number of halogens is 1. The number of para-hydroxylation sites is 1. The van der Waals surface area contributed by atoms with Crippen LogP contribution < -0.4 is 10.2 Å². The smallest absolute Gasteiger partial charge is 0.238 e. The Morgan fingerprint density at radius 2 is 1.83 bits per heavy atom. The Labute approximate surface area is 175 Å². The second-order valence-electron chi connectivity index (χ2n) is 7.61. The average molecular weight is 407 g/mol. The van der Waals surface area contributed by atoms with Crippen molar-refractivity contribution in [2.24, 2.45) is 0 Å². The second-order valence-corrected chi connectivity index (χ2v) is 7.61. The maximum Gasteiger partial charge on any atom is 0.238 e. The first-order valence-electron chi connectivity index (χ1n) is 10.1. The van der Waals surface area contributed by atoms with Crippen molar-refractivity contribution >= 4 is 17.5 Å². The van der Waals surface area contributed by atoms with Crippen molar-refractivity contribution in [3.63, 3.8) is 0 Å². The molecule has 1 aliphatic heterocycles. The van der Waals surface area contributed by atoms with Gasteiger partial charge in [0.05, 0.1) is 12.2 Å². The quantitative estimate of drug-likeness (QED) is 0.705. The molecule has 1 saturated heterocycles. The number of rotatable bonds is 5. The number of hydrogen-bond acceptors (Lipinski definition) is 4. The first-order valence-corrected chi connectivity index (χ1v) is 10.1. The number of anilines is 2. The molecule has 6 nitrogen and oxygen atoms in total. The molecular formula is C23H26FN5O. The molecule has 7 heteroatoms. The van der Waals surface area contributed by atoms with Gasteiger partial charge in [0.25, 0.3) is 0 Å². The monoisotopic (exact) mass is 407 g/mol. The van der Waals surface area contributed by atoms with Crippen molar-refractivity contribution in [1.82, 2.24) is 14.5 Å². The SMILES string of the molecule is Cc1cccc(NC(=O)CN2CCN(c3nccn3-c3ccccc3F)CC2)c1C. The predicted octanol–water partition coefficient (Wildman–Crippen LogP) is 3.39. The lowest BCUT2D eigenvalue weighted by Crippen LogP contribution is -2.49. The summed E-state index contributed by atoms with van der Waals surface area (Å²) in [6, 6.07) is 12.6. The number of hydrogen-bond donors (Lipinski definition) is 1. The number of benzene rings is 2. The molecule has 0 bridgehead atoms. The Bertz CT molecular complexity index is 1040. The number of aromatic nitrogens is 2. The molecule has 2 aromatic carbocycles. The number of nitrogens with one attached hydrogen (secondary N) is 1. The Kier molecular flexibility index (Phi) is 5.81. The van der Waals surface area contributed by atoms with E-state index in [1.807, 2.05) is 38.1 Å². The van der Waals surface area contributed by atoms with Crippen LogP contribution in [0.4, 0.5) is 16.0 Å². The van der Waals surface area contributed by atoms with E-state index < -0.39 is 0 Å². The van der Waals surface area contributed by atoms with E-state index in [9.17, 15) is 9.18 Å². The molecule has 1 aliphatic rings. The first kappa shape index (κ1) is 20.1. The fourth-order valence-corrected chi connectivity index (χ4v) is 3.75. The minimum absolute atomic E-state index is 0.00925. The minimum Gasteiger partial charge on any atom is -0.339 e. The molecule has 1 amide bonds. The Hall–Kier alpha value is -3.19. The molecule has 1 N–H and O–H groups in total. The molecule has 0 atom stereocenters. The van der Waals surface area contributed by atoms with Gasteiger partial charge in [-0.05, 0) is 43.2 Å². The lowest BCUT2D eigenvalue weighted by molar-refractivity contribution is -0.117. The van der Waals surface area contributed by atoms with E-state index in [1.54, 1.807) is 29.1 Å². The molecule has 1 fully saturated rings. The third kappa shape index (κ3) is 4.21. The molecule has 0 aliphatic carbocycles. The highest BCUT2D eigenvalue weighted by Gasteiger charge is 2.23.